The molecule has 3 N–H and O–H groups in total. The van der Waals surface area contributed by atoms with Gasteiger partial charge in [0.1, 0.15) is 5.69 Å². The van der Waals surface area contributed by atoms with Crippen molar-refractivity contribution in [2.75, 3.05) is 5.43 Å². The van der Waals surface area contributed by atoms with Crippen LogP contribution in [-0.2, 0) is 5.33 Å². The van der Waals surface area contributed by atoms with Crippen LogP contribution in [0.1, 0.15) is 5.56 Å². The number of anilines is 1. The first-order valence-electron chi connectivity index (χ1n) is 3.49. The molecule has 70 valence electrons. The molecule has 1 aromatic carbocycles. The van der Waals surface area contributed by atoms with Crippen LogP contribution in [-0.4, -0.2) is 4.92 Å². The first-order chi connectivity index (χ1) is 6.19. The molecule has 0 radical (unpaired) electrons. The summed E-state index contributed by atoms with van der Waals surface area (Å²) >= 11 is 3.21. The Labute approximate surface area is 83.2 Å². The van der Waals surface area contributed by atoms with Crippen LogP contribution < -0.4 is 11.3 Å². The van der Waals surface area contributed by atoms with E-state index in [4.69, 9.17) is 5.84 Å². The van der Waals surface area contributed by atoms with Gasteiger partial charge >= 0.3 is 0 Å². The third-order valence-electron chi connectivity index (χ3n) is 1.57. The largest absolute Gasteiger partial charge is 0.318 e. The lowest BCUT2D eigenvalue weighted by Gasteiger charge is -2.02. The van der Waals surface area contributed by atoms with Crippen LogP contribution in [0.3, 0.4) is 0 Å². The van der Waals surface area contributed by atoms with Gasteiger partial charge in [0.05, 0.1) is 4.92 Å². The molecule has 5 nitrogen and oxygen atoms in total. The molecule has 13 heavy (non-hydrogen) atoms. The second-order valence-corrected chi connectivity index (χ2v) is 2.95. The fourth-order valence-corrected chi connectivity index (χ4v) is 1.28. The molecule has 0 aliphatic heterocycles. The first-order valence-corrected chi connectivity index (χ1v) is 4.61. The minimum atomic E-state index is -0.471. The number of nitro benzene ring substituents is 1. The summed E-state index contributed by atoms with van der Waals surface area (Å²) in [5, 5.41) is 11.1. The zero-order valence-electron chi connectivity index (χ0n) is 6.66. The van der Waals surface area contributed by atoms with Gasteiger partial charge in [0, 0.05) is 11.4 Å². The highest BCUT2D eigenvalue weighted by molar-refractivity contribution is 9.08. The van der Waals surface area contributed by atoms with Crippen LogP contribution in [0, 0.1) is 10.1 Å². The fourth-order valence-electron chi connectivity index (χ4n) is 0.933. The predicted molar refractivity (Wildman–Crippen MR) is 53.5 cm³/mol. The van der Waals surface area contributed by atoms with Gasteiger partial charge in [-0.1, -0.05) is 22.0 Å². The Bertz CT molecular complexity index is 330. The van der Waals surface area contributed by atoms with Crippen LogP contribution in [0.25, 0.3) is 0 Å². The van der Waals surface area contributed by atoms with Gasteiger partial charge in [0.25, 0.3) is 5.69 Å². The quantitative estimate of drug-likeness (QED) is 0.368. The van der Waals surface area contributed by atoms with Crippen molar-refractivity contribution in [1.29, 1.82) is 0 Å². The number of rotatable bonds is 3. The summed E-state index contributed by atoms with van der Waals surface area (Å²) in [7, 11) is 0. The predicted octanol–water partition coefficient (Wildman–Crippen LogP) is 1.78. The summed E-state index contributed by atoms with van der Waals surface area (Å²) in [4.78, 5) is 10.1. The summed E-state index contributed by atoms with van der Waals surface area (Å²) in [5.74, 6) is 5.11. The Morgan fingerprint density at radius 2 is 2.31 bits per heavy atom. The number of hydrogen-bond donors (Lipinski definition) is 2. The Hall–Kier alpha value is -1.14. The molecule has 0 saturated heterocycles. The molecule has 0 atom stereocenters. The lowest BCUT2D eigenvalue weighted by molar-refractivity contribution is -0.384. The summed E-state index contributed by atoms with van der Waals surface area (Å²) in [6, 6.07) is 4.82. The van der Waals surface area contributed by atoms with Crippen molar-refractivity contribution in [1.82, 2.24) is 0 Å². The van der Waals surface area contributed by atoms with Crippen molar-refractivity contribution in [3.05, 3.63) is 33.9 Å². The van der Waals surface area contributed by atoms with E-state index in [-0.39, 0.29) is 5.69 Å². The number of hydrazine groups is 1. The van der Waals surface area contributed by atoms with E-state index in [1.165, 1.54) is 6.07 Å². The molecule has 0 saturated carbocycles. The van der Waals surface area contributed by atoms with Crippen molar-refractivity contribution < 1.29 is 4.92 Å². The number of halogens is 1. The number of nitrogens with one attached hydrogen (secondary N) is 1. The number of hydrogen-bond acceptors (Lipinski definition) is 4. The minimum absolute atomic E-state index is 0.0144. The Morgan fingerprint density at radius 3 is 2.77 bits per heavy atom. The second-order valence-electron chi connectivity index (χ2n) is 2.39. The molecule has 0 aliphatic rings. The molecule has 6 heteroatoms. The van der Waals surface area contributed by atoms with E-state index < -0.39 is 4.92 Å². The third kappa shape index (κ3) is 2.16. The highest BCUT2D eigenvalue weighted by Crippen LogP contribution is 2.25. The molecule has 0 amide bonds. The van der Waals surface area contributed by atoms with E-state index in [9.17, 15) is 10.1 Å². The standard InChI is InChI=1S/C7H8BrN3O2/c8-4-5-1-2-6(10-9)7(3-5)11(12)13/h1-3,10H,4,9H2. The number of nitrogen functional groups attached to an aromatic ring is 1. The van der Waals surface area contributed by atoms with Gasteiger partial charge in [-0.3, -0.25) is 16.0 Å². The molecule has 0 fully saturated rings. The monoisotopic (exact) mass is 245 g/mol. The maximum absolute atomic E-state index is 10.5. The smallest absolute Gasteiger partial charge is 0.293 e. The zero-order chi connectivity index (χ0) is 9.84. The average molecular weight is 246 g/mol. The van der Waals surface area contributed by atoms with Gasteiger partial charge in [-0.25, -0.2) is 0 Å². The second kappa shape index (κ2) is 4.20. The van der Waals surface area contributed by atoms with E-state index in [0.29, 0.717) is 11.0 Å². The highest BCUT2D eigenvalue weighted by atomic mass is 79.9. The van der Waals surface area contributed by atoms with E-state index >= 15 is 0 Å². The zero-order valence-corrected chi connectivity index (χ0v) is 8.24. The summed E-state index contributed by atoms with van der Waals surface area (Å²) in [6.45, 7) is 0. The van der Waals surface area contributed by atoms with E-state index in [0.717, 1.165) is 5.56 Å². The van der Waals surface area contributed by atoms with Crippen molar-refractivity contribution in [3.8, 4) is 0 Å². The van der Waals surface area contributed by atoms with Gasteiger partial charge in [0.2, 0.25) is 0 Å². The Morgan fingerprint density at radius 1 is 1.62 bits per heavy atom. The fraction of sp³-hybridized carbons (Fsp3) is 0.143. The lowest BCUT2D eigenvalue weighted by Crippen LogP contribution is -2.09. The van der Waals surface area contributed by atoms with Gasteiger partial charge < -0.3 is 5.43 Å². The number of alkyl halides is 1. The van der Waals surface area contributed by atoms with Gasteiger partial charge in [0.15, 0.2) is 0 Å². The summed E-state index contributed by atoms with van der Waals surface area (Å²) in [5.41, 5.74) is 3.41. The first kappa shape index (κ1) is 9.94. The summed E-state index contributed by atoms with van der Waals surface area (Å²) < 4.78 is 0. The Kier molecular flexibility index (Phi) is 3.21. The normalized spacial score (nSPS) is 9.69. The topological polar surface area (TPSA) is 81.2 Å². The lowest BCUT2D eigenvalue weighted by atomic mass is 10.2. The molecular weight excluding hydrogens is 238 g/mol. The molecule has 0 aromatic heterocycles. The molecule has 0 unspecified atom stereocenters. The maximum atomic E-state index is 10.5. The van der Waals surface area contributed by atoms with Crippen molar-refractivity contribution in [2.24, 2.45) is 5.84 Å². The SMILES string of the molecule is NNc1ccc(CBr)cc1[N+](=O)[O-]. The molecule has 0 aliphatic carbocycles. The van der Waals surface area contributed by atoms with Crippen LogP contribution in [0.5, 0.6) is 0 Å². The van der Waals surface area contributed by atoms with Crippen LogP contribution in [0.2, 0.25) is 0 Å². The molecule has 0 spiro atoms. The Balaban J connectivity index is 3.18. The van der Waals surface area contributed by atoms with Crippen LogP contribution >= 0.6 is 15.9 Å². The van der Waals surface area contributed by atoms with Crippen LogP contribution in [0.15, 0.2) is 18.2 Å². The average Bonchev–Trinajstić information content (AvgIpc) is 2.16. The summed E-state index contributed by atoms with van der Waals surface area (Å²) in [6.07, 6.45) is 0. The number of benzene rings is 1. The number of nitrogens with zero attached hydrogens (tertiary/aromatic N) is 1. The minimum Gasteiger partial charge on any atom is -0.318 e. The number of nitro groups is 1. The van der Waals surface area contributed by atoms with E-state index in [2.05, 4.69) is 21.4 Å². The highest BCUT2D eigenvalue weighted by Gasteiger charge is 2.12. The van der Waals surface area contributed by atoms with Gasteiger partial charge in [-0.05, 0) is 11.6 Å². The van der Waals surface area contributed by atoms with Gasteiger partial charge in [-0.15, -0.1) is 0 Å². The van der Waals surface area contributed by atoms with Gasteiger partial charge in [-0.2, -0.15) is 0 Å². The molecule has 0 bridgehead atoms. The van der Waals surface area contributed by atoms with E-state index in [1.807, 2.05) is 0 Å². The van der Waals surface area contributed by atoms with Crippen molar-refractivity contribution in [3.63, 3.8) is 0 Å². The molecule has 1 rings (SSSR count). The van der Waals surface area contributed by atoms with Crippen LogP contribution in [0.4, 0.5) is 11.4 Å². The third-order valence-corrected chi connectivity index (χ3v) is 2.22. The molecule has 0 heterocycles. The number of nitrogens with two attached hydrogens (primary N) is 1. The van der Waals surface area contributed by atoms with E-state index in [1.54, 1.807) is 12.1 Å². The maximum Gasteiger partial charge on any atom is 0.293 e. The van der Waals surface area contributed by atoms with Crippen molar-refractivity contribution in [2.45, 2.75) is 5.33 Å². The molecule has 1 aromatic rings. The van der Waals surface area contributed by atoms with Crippen molar-refractivity contribution >= 4 is 27.3 Å². The molecular formula is C7H8BrN3O2.